The van der Waals surface area contributed by atoms with Crippen LogP contribution in [-0.4, -0.2) is 0 Å². The number of hydrogen-bond acceptors (Lipinski definition) is 1. The van der Waals surface area contributed by atoms with Crippen LogP contribution < -0.4 is 4.74 Å². The first-order valence-corrected chi connectivity index (χ1v) is 13.6. The Morgan fingerprint density at radius 2 is 1.15 bits per heavy atom. The largest absolute Gasteiger partial charge is 0.277 e. The van der Waals surface area contributed by atoms with Crippen molar-refractivity contribution in [3.8, 4) is 16.9 Å². The first kappa shape index (κ1) is 19.6. The van der Waals surface area contributed by atoms with Crippen molar-refractivity contribution < 1.29 is 18.5 Å². The Hall–Kier alpha value is -1.19. The molecule has 0 N–H and O–H groups in total. The molecule has 0 saturated heterocycles. The average Bonchev–Trinajstić information content (AvgIpc) is 3.01. The molecule has 0 radical (unpaired) electrons. The molecule has 4 aromatic rings. The molecule has 0 aliphatic carbocycles. The van der Waals surface area contributed by atoms with Crippen LogP contribution in [0, 0.1) is 0 Å². The van der Waals surface area contributed by atoms with E-state index in [-0.39, 0.29) is 0 Å². The molecule has 0 spiro atoms. The fourth-order valence-corrected chi connectivity index (χ4v) is 2.61. The van der Waals surface area contributed by atoms with Crippen LogP contribution in [0.3, 0.4) is 0 Å². The molecule has 0 fully saturated rings. The predicted molar refractivity (Wildman–Crippen MR) is 107 cm³/mol. The Balaban J connectivity index is 0.000000349. The number of fused-ring (bicyclic) bond motifs is 1. The van der Waals surface area contributed by atoms with Gasteiger partial charge in [0, 0.05) is 16.9 Å². The van der Waals surface area contributed by atoms with Gasteiger partial charge >= 0.3 is 49.6 Å². The van der Waals surface area contributed by atoms with E-state index in [0.29, 0.717) is 0 Å². The quantitative estimate of drug-likeness (QED) is 0.225. The molecule has 0 saturated carbocycles. The van der Waals surface area contributed by atoms with Crippen molar-refractivity contribution in [2.75, 3.05) is 0 Å². The maximum atomic E-state index is 6.06. The van der Waals surface area contributed by atoms with Gasteiger partial charge in [-0.25, -0.2) is 4.52 Å². The summed E-state index contributed by atoms with van der Waals surface area (Å²) in [4.78, 5) is 0. The van der Waals surface area contributed by atoms with Crippen LogP contribution in [0.4, 0.5) is 0 Å². The number of para-hydroxylation sites is 2. The van der Waals surface area contributed by atoms with Gasteiger partial charge in [-0.2, -0.15) is 0 Å². The predicted octanol–water partition coefficient (Wildman–Crippen LogP) is 7.13. The third-order valence-corrected chi connectivity index (χ3v) is 3.57. The molecular formula is C19H14Cl4FeNO. The molecule has 0 unspecified atom stereocenters. The fraction of sp³-hybridized carbons (Fsp3) is 0. The standard InChI is InChI=1S/C19H14NO.4ClH.Fe/c1-3-9-15(10-4-1)19-17-13-7-8-14-18(17)21-20(19)16-11-5-2-6-12-16;;;;;/h1-14H;4*1H;/q+1;;;;;+3/p-4. The van der Waals surface area contributed by atoms with Gasteiger partial charge in [0.15, 0.2) is 0 Å². The Labute approximate surface area is 171 Å². The molecule has 2 nitrogen and oxygen atoms in total. The monoisotopic (exact) mass is 468 g/mol. The van der Waals surface area contributed by atoms with Crippen molar-refractivity contribution in [1.29, 1.82) is 0 Å². The van der Waals surface area contributed by atoms with Gasteiger partial charge in [0.1, 0.15) is 5.39 Å². The summed E-state index contributed by atoms with van der Waals surface area (Å²) in [5.74, 6) is 0. The Kier molecular flexibility index (Phi) is 6.52. The minimum atomic E-state index is -2.61. The summed E-state index contributed by atoms with van der Waals surface area (Å²) in [6.07, 6.45) is 0. The molecule has 1 aromatic heterocycles. The smallest absolute Gasteiger partial charge is 0.229 e. The molecule has 7 heteroatoms. The van der Waals surface area contributed by atoms with Gasteiger partial charge in [-0.3, -0.25) is 0 Å². The van der Waals surface area contributed by atoms with Crippen LogP contribution in [0.5, 0.6) is 0 Å². The Morgan fingerprint density at radius 1 is 0.654 bits per heavy atom. The summed E-state index contributed by atoms with van der Waals surface area (Å²) in [6, 6.07) is 28.6. The summed E-state index contributed by atoms with van der Waals surface area (Å²) >= 11 is 0. The second-order valence-electron chi connectivity index (χ2n) is 5.24. The Morgan fingerprint density at radius 3 is 1.77 bits per heavy atom. The molecule has 137 valence electrons. The normalized spacial score (nSPS) is 11.7. The van der Waals surface area contributed by atoms with Crippen LogP contribution in [0.1, 0.15) is 0 Å². The van der Waals surface area contributed by atoms with Crippen LogP contribution in [0.25, 0.3) is 27.9 Å². The molecule has 1 heterocycles. The molecule has 0 amide bonds. The van der Waals surface area contributed by atoms with Crippen LogP contribution in [-0.2, 0) is 9.20 Å². The van der Waals surface area contributed by atoms with Crippen molar-refractivity contribution in [1.82, 2.24) is 0 Å². The van der Waals surface area contributed by atoms with E-state index >= 15 is 0 Å². The molecule has 3 aromatic carbocycles. The van der Waals surface area contributed by atoms with E-state index < -0.39 is 9.20 Å². The molecule has 26 heavy (non-hydrogen) atoms. The van der Waals surface area contributed by atoms with Gasteiger partial charge in [-0.1, -0.05) is 48.5 Å². The third kappa shape index (κ3) is 5.17. The van der Waals surface area contributed by atoms with Crippen molar-refractivity contribution in [2.45, 2.75) is 0 Å². The van der Waals surface area contributed by atoms with Gasteiger partial charge in [0.2, 0.25) is 5.58 Å². The van der Waals surface area contributed by atoms with Gasteiger partial charge in [-0.05, 0) is 24.3 Å². The summed E-state index contributed by atoms with van der Waals surface area (Å²) in [5.41, 5.74) is 4.14. The maximum absolute atomic E-state index is 6.06. The molecule has 0 bridgehead atoms. The van der Waals surface area contributed by atoms with Gasteiger partial charge in [-0.15, -0.1) is 0 Å². The third-order valence-electron chi connectivity index (χ3n) is 3.57. The molecule has 0 atom stereocenters. The second-order valence-corrected chi connectivity index (χ2v) is 16.2. The van der Waals surface area contributed by atoms with Gasteiger partial charge in [0.05, 0.1) is 5.56 Å². The van der Waals surface area contributed by atoms with Crippen molar-refractivity contribution >= 4 is 51.4 Å². The zero-order valence-corrected chi connectivity index (χ0v) is 17.4. The number of nitrogens with zero attached hydrogens (tertiary/aromatic N) is 1. The number of hydrogen-bond donors (Lipinski definition) is 0. The number of benzene rings is 3. The van der Waals surface area contributed by atoms with E-state index in [1.54, 1.807) is 0 Å². The minimum Gasteiger partial charge on any atom is -0.229 e. The molecule has 4 rings (SSSR count). The van der Waals surface area contributed by atoms with Crippen LogP contribution in [0.15, 0.2) is 89.5 Å². The molecule has 0 aliphatic heterocycles. The molecular weight excluding hydrogens is 456 g/mol. The van der Waals surface area contributed by atoms with E-state index in [1.165, 1.54) is 0 Å². The Bertz CT molecular complexity index is 979. The first-order valence-electron chi connectivity index (χ1n) is 7.52. The van der Waals surface area contributed by atoms with Crippen molar-refractivity contribution in [2.24, 2.45) is 0 Å². The van der Waals surface area contributed by atoms with E-state index in [4.69, 9.17) is 44.9 Å². The minimum absolute atomic E-state index is 0.889. The van der Waals surface area contributed by atoms with E-state index in [2.05, 4.69) is 30.3 Å². The summed E-state index contributed by atoms with van der Waals surface area (Å²) in [5, 5.41) is 1.12. The number of rotatable bonds is 2. The summed E-state index contributed by atoms with van der Waals surface area (Å²) in [6.45, 7) is 0. The average molecular weight is 470 g/mol. The van der Waals surface area contributed by atoms with Crippen molar-refractivity contribution in [3.05, 3.63) is 84.9 Å². The van der Waals surface area contributed by atoms with Gasteiger partial charge < -0.3 is 0 Å². The summed E-state index contributed by atoms with van der Waals surface area (Å²) in [7, 11) is 17.2. The van der Waals surface area contributed by atoms with Crippen LogP contribution >= 0.6 is 40.4 Å². The zero-order chi connectivity index (χ0) is 18.6. The number of aromatic nitrogens is 1. The second kappa shape index (κ2) is 8.67. The van der Waals surface area contributed by atoms with Gasteiger partial charge in [0.25, 0.3) is 11.4 Å². The van der Waals surface area contributed by atoms with E-state index in [1.807, 2.05) is 59.3 Å². The SMILES string of the molecule is [Cl][Fe-]([Cl])([Cl])[Cl].c1ccc(-c2c3ccccc3o[n+]2-c2ccccc2)cc1. The molecule has 0 aliphatic rings. The zero-order valence-electron chi connectivity index (χ0n) is 13.3. The topological polar surface area (TPSA) is 17.0 Å². The summed E-state index contributed by atoms with van der Waals surface area (Å²) < 4.78 is 7.96. The first-order chi connectivity index (χ1) is 12.4. The van der Waals surface area contributed by atoms with Crippen LogP contribution in [0.2, 0.25) is 0 Å². The number of halogens is 4. The van der Waals surface area contributed by atoms with E-state index in [9.17, 15) is 0 Å². The van der Waals surface area contributed by atoms with Crippen molar-refractivity contribution in [3.63, 3.8) is 0 Å². The maximum Gasteiger partial charge on any atom is 0.277 e. The van der Waals surface area contributed by atoms with E-state index in [0.717, 1.165) is 27.9 Å². The fourth-order valence-electron chi connectivity index (χ4n) is 2.61.